The van der Waals surface area contributed by atoms with E-state index in [0.29, 0.717) is 29.6 Å². The molecule has 144 valence electrons. The number of rotatable bonds is 6. The van der Waals surface area contributed by atoms with Crippen LogP contribution in [0.1, 0.15) is 21.9 Å². The minimum Gasteiger partial charge on any atom is -0.486 e. The molecule has 0 saturated carbocycles. The van der Waals surface area contributed by atoms with Gasteiger partial charge >= 0.3 is 0 Å². The zero-order valence-corrected chi connectivity index (χ0v) is 15.2. The number of amides is 1. The van der Waals surface area contributed by atoms with Gasteiger partial charge in [0.2, 0.25) is 6.79 Å². The Morgan fingerprint density at radius 3 is 2.68 bits per heavy atom. The normalized spacial score (nSPS) is 12.1. The van der Waals surface area contributed by atoms with Gasteiger partial charge in [-0.1, -0.05) is 6.07 Å². The Labute approximate surface area is 161 Å². The van der Waals surface area contributed by atoms with Gasteiger partial charge in [-0.2, -0.15) is 0 Å². The van der Waals surface area contributed by atoms with Crippen LogP contribution in [0, 0.1) is 5.82 Å². The highest BCUT2D eigenvalue weighted by Crippen LogP contribution is 2.32. The summed E-state index contributed by atoms with van der Waals surface area (Å²) >= 11 is 0. The Kier molecular flexibility index (Phi) is 4.89. The smallest absolute Gasteiger partial charge is 0.289 e. The first-order valence-electron chi connectivity index (χ1n) is 8.69. The first-order chi connectivity index (χ1) is 13.6. The third-order valence-corrected chi connectivity index (χ3v) is 4.27. The van der Waals surface area contributed by atoms with E-state index >= 15 is 0 Å². The van der Waals surface area contributed by atoms with Crippen molar-refractivity contribution in [2.45, 2.75) is 13.2 Å². The maximum Gasteiger partial charge on any atom is 0.289 e. The summed E-state index contributed by atoms with van der Waals surface area (Å²) in [5.41, 5.74) is 0.923. The van der Waals surface area contributed by atoms with Crippen molar-refractivity contribution in [2.24, 2.45) is 0 Å². The summed E-state index contributed by atoms with van der Waals surface area (Å²) < 4.78 is 34.7. The minimum absolute atomic E-state index is 0.144. The van der Waals surface area contributed by atoms with Crippen LogP contribution in [0.5, 0.6) is 17.2 Å². The van der Waals surface area contributed by atoms with Crippen molar-refractivity contribution < 1.29 is 27.8 Å². The van der Waals surface area contributed by atoms with Crippen LogP contribution in [-0.4, -0.2) is 24.6 Å². The quantitative estimate of drug-likeness (QED) is 0.644. The first-order valence-corrected chi connectivity index (χ1v) is 8.69. The number of halogens is 1. The number of furan rings is 1. The van der Waals surface area contributed by atoms with Gasteiger partial charge in [0.05, 0.1) is 0 Å². The molecule has 0 N–H and O–H groups in total. The van der Waals surface area contributed by atoms with Gasteiger partial charge in [-0.05, 0) is 54.1 Å². The zero-order chi connectivity index (χ0) is 19.5. The maximum atomic E-state index is 12.9. The molecule has 1 aliphatic heterocycles. The summed E-state index contributed by atoms with van der Waals surface area (Å²) in [6.45, 7) is 0.755. The van der Waals surface area contributed by atoms with Gasteiger partial charge in [-0.3, -0.25) is 4.79 Å². The second-order valence-electron chi connectivity index (χ2n) is 6.36. The van der Waals surface area contributed by atoms with Crippen molar-refractivity contribution in [1.29, 1.82) is 0 Å². The molecule has 7 heteroatoms. The Morgan fingerprint density at radius 1 is 1.07 bits per heavy atom. The molecule has 6 nitrogen and oxygen atoms in total. The summed E-state index contributed by atoms with van der Waals surface area (Å²) in [7, 11) is 1.70. The highest BCUT2D eigenvalue weighted by molar-refractivity contribution is 5.91. The molecule has 1 amide bonds. The van der Waals surface area contributed by atoms with Gasteiger partial charge in [0.15, 0.2) is 17.3 Å². The van der Waals surface area contributed by atoms with E-state index < -0.39 is 0 Å². The number of ether oxygens (including phenoxy) is 3. The Bertz CT molecular complexity index is 983. The van der Waals surface area contributed by atoms with Crippen LogP contribution in [0.25, 0.3) is 0 Å². The number of carbonyl (C=O) groups is 1. The zero-order valence-electron chi connectivity index (χ0n) is 15.2. The van der Waals surface area contributed by atoms with Crippen LogP contribution in [-0.2, 0) is 13.2 Å². The molecule has 0 saturated heterocycles. The van der Waals surface area contributed by atoms with E-state index in [1.54, 1.807) is 24.1 Å². The largest absolute Gasteiger partial charge is 0.486 e. The molecule has 28 heavy (non-hydrogen) atoms. The van der Waals surface area contributed by atoms with E-state index in [9.17, 15) is 9.18 Å². The van der Waals surface area contributed by atoms with Crippen molar-refractivity contribution in [1.82, 2.24) is 4.90 Å². The molecule has 1 aromatic heterocycles. The molecule has 0 fully saturated rings. The lowest BCUT2D eigenvalue weighted by atomic mass is 10.2. The highest BCUT2D eigenvalue weighted by atomic mass is 19.1. The van der Waals surface area contributed by atoms with Crippen molar-refractivity contribution in [3.8, 4) is 17.2 Å². The van der Waals surface area contributed by atoms with Gasteiger partial charge in [-0.15, -0.1) is 0 Å². The fourth-order valence-corrected chi connectivity index (χ4v) is 2.83. The lowest BCUT2D eigenvalue weighted by Crippen LogP contribution is -2.25. The van der Waals surface area contributed by atoms with Crippen molar-refractivity contribution >= 4 is 5.91 Å². The standard InChI is InChI=1S/C21H18FNO5/c1-23(11-14-2-8-18-20(10-14)27-13-26-18)21(24)19-9-7-17(28-19)12-25-16-5-3-15(22)4-6-16/h2-10H,11-13H2,1H3. The molecule has 0 atom stereocenters. The number of fused-ring (bicyclic) bond motifs is 1. The molecule has 0 unspecified atom stereocenters. The second kappa shape index (κ2) is 7.64. The molecule has 3 aromatic rings. The number of nitrogens with zero attached hydrogens (tertiary/aromatic N) is 1. The second-order valence-corrected chi connectivity index (χ2v) is 6.36. The Balaban J connectivity index is 1.36. The lowest BCUT2D eigenvalue weighted by molar-refractivity contribution is 0.0749. The van der Waals surface area contributed by atoms with Gasteiger partial charge in [0, 0.05) is 13.6 Å². The van der Waals surface area contributed by atoms with Gasteiger partial charge < -0.3 is 23.5 Å². The maximum absolute atomic E-state index is 12.9. The van der Waals surface area contributed by atoms with E-state index in [4.69, 9.17) is 18.6 Å². The molecule has 0 radical (unpaired) electrons. The topological polar surface area (TPSA) is 61.1 Å². The predicted molar refractivity (Wildman–Crippen MR) is 97.8 cm³/mol. The Morgan fingerprint density at radius 2 is 1.86 bits per heavy atom. The van der Waals surface area contributed by atoms with E-state index in [1.165, 1.54) is 24.3 Å². The molecule has 0 aliphatic carbocycles. The SMILES string of the molecule is CN(Cc1ccc2c(c1)OCO2)C(=O)c1ccc(COc2ccc(F)cc2)o1. The lowest BCUT2D eigenvalue weighted by Gasteiger charge is -2.16. The highest BCUT2D eigenvalue weighted by Gasteiger charge is 2.18. The van der Waals surface area contributed by atoms with Crippen LogP contribution in [0.4, 0.5) is 4.39 Å². The minimum atomic E-state index is -0.330. The molecule has 0 bridgehead atoms. The van der Waals surface area contributed by atoms with Gasteiger partial charge in [0.1, 0.15) is 23.9 Å². The fraction of sp³-hybridized carbons (Fsp3) is 0.190. The number of benzene rings is 2. The van der Waals surface area contributed by atoms with Crippen LogP contribution in [0.3, 0.4) is 0 Å². The predicted octanol–water partition coefficient (Wildman–Crippen LogP) is 4.00. The average molecular weight is 383 g/mol. The van der Waals surface area contributed by atoms with E-state index in [-0.39, 0.29) is 30.9 Å². The Hall–Kier alpha value is -3.48. The number of hydrogen-bond donors (Lipinski definition) is 0. The van der Waals surface area contributed by atoms with E-state index in [2.05, 4.69) is 0 Å². The summed E-state index contributed by atoms with van der Waals surface area (Å²) in [5.74, 6) is 2.05. The van der Waals surface area contributed by atoms with Crippen LogP contribution in [0.2, 0.25) is 0 Å². The monoisotopic (exact) mass is 383 g/mol. The molecule has 0 spiro atoms. The van der Waals surface area contributed by atoms with E-state index in [0.717, 1.165) is 5.56 Å². The van der Waals surface area contributed by atoms with Crippen LogP contribution in [0.15, 0.2) is 59.0 Å². The number of hydrogen-bond acceptors (Lipinski definition) is 5. The number of carbonyl (C=O) groups excluding carboxylic acids is 1. The van der Waals surface area contributed by atoms with Crippen LogP contribution < -0.4 is 14.2 Å². The molecule has 2 aromatic carbocycles. The first kappa shape index (κ1) is 17.9. The van der Waals surface area contributed by atoms with Crippen molar-refractivity contribution in [3.05, 3.63) is 77.5 Å². The summed E-state index contributed by atoms with van der Waals surface area (Å²) in [6.07, 6.45) is 0. The average Bonchev–Trinajstić information content (AvgIpc) is 3.36. The fourth-order valence-electron chi connectivity index (χ4n) is 2.83. The van der Waals surface area contributed by atoms with Gasteiger partial charge in [0.25, 0.3) is 5.91 Å². The third kappa shape index (κ3) is 3.93. The summed E-state index contributed by atoms with van der Waals surface area (Å²) in [5, 5.41) is 0. The molecule has 2 heterocycles. The van der Waals surface area contributed by atoms with Gasteiger partial charge in [-0.25, -0.2) is 4.39 Å². The molecule has 1 aliphatic rings. The molecular weight excluding hydrogens is 365 g/mol. The summed E-state index contributed by atoms with van der Waals surface area (Å²) in [6, 6.07) is 14.6. The molecular formula is C21H18FNO5. The third-order valence-electron chi connectivity index (χ3n) is 4.27. The van der Waals surface area contributed by atoms with Crippen molar-refractivity contribution in [2.75, 3.05) is 13.8 Å². The summed E-state index contributed by atoms with van der Waals surface area (Å²) in [4.78, 5) is 14.2. The van der Waals surface area contributed by atoms with E-state index in [1.807, 2.05) is 18.2 Å². The molecule has 4 rings (SSSR count). The van der Waals surface area contributed by atoms with Crippen LogP contribution >= 0.6 is 0 Å². The van der Waals surface area contributed by atoms with Crippen molar-refractivity contribution in [3.63, 3.8) is 0 Å².